The number of aromatic amines is 1. The zero-order valence-corrected chi connectivity index (χ0v) is 22.6. The van der Waals surface area contributed by atoms with Gasteiger partial charge in [-0.25, -0.2) is 27.3 Å². The molecule has 2 aromatic carbocycles. The quantitative estimate of drug-likeness (QED) is 0.243. The third-order valence-electron chi connectivity index (χ3n) is 6.29. The number of carbonyl (C=O) groups excluding carboxylic acids is 1. The topological polar surface area (TPSA) is 149 Å². The molecule has 3 heterocycles. The number of H-pyrrole nitrogens is 1. The Morgan fingerprint density at radius 2 is 1.74 bits per heavy atom. The number of anilines is 2. The second-order valence-corrected chi connectivity index (χ2v) is 9.59. The van der Waals surface area contributed by atoms with Crippen LogP contribution < -0.4 is 27.6 Å². The third kappa shape index (κ3) is 5.41. The number of pyridine rings is 1. The van der Waals surface area contributed by atoms with Gasteiger partial charge in [-0.3, -0.25) is 18.8 Å². The van der Waals surface area contributed by atoms with E-state index in [9.17, 15) is 32.3 Å². The van der Waals surface area contributed by atoms with Crippen molar-refractivity contribution in [1.82, 2.24) is 34.2 Å². The highest BCUT2D eigenvalue weighted by molar-refractivity contribution is 6.34. The average molecular weight is 601 g/mol. The molecule has 216 valence electrons. The fraction of sp³-hybridized carbons (Fsp3) is 0.154. The van der Waals surface area contributed by atoms with Crippen molar-refractivity contribution >= 4 is 40.0 Å². The third-order valence-corrected chi connectivity index (χ3v) is 6.60. The fourth-order valence-electron chi connectivity index (χ4n) is 4.26. The number of rotatable bonds is 7. The van der Waals surface area contributed by atoms with Gasteiger partial charge in [0, 0.05) is 37.4 Å². The Balaban J connectivity index is 1.65. The molecule has 16 heteroatoms. The molecule has 0 radical (unpaired) electrons. The molecule has 0 aliphatic carbocycles. The van der Waals surface area contributed by atoms with Crippen LogP contribution in [0.1, 0.15) is 21.5 Å². The summed E-state index contributed by atoms with van der Waals surface area (Å²) in [4.78, 5) is 57.6. The van der Waals surface area contributed by atoms with Crippen LogP contribution in [0, 0.1) is 17.5 Å². The molecule has 1 amide bonds. The molecule has 0 atom stereocenters. The minimum absolute atomic E-state index is 0.0596. The smallest absolute Gasteiger partial charge is 0.355 e. The SMILES string of the molecule is CNC(=O)c1c[nH]c(=O)c(Cn2c(=O)nc(Nc3cc4cn(C)nc4cc3Cl)n(Cc3cc(F)c(F)c(F)c3)c2=O)c1. The second-order valence-electron chi connectivity index (χ2n) is 9.19. The first-order valence-corrected chi connectivity index (χ1v) is 12.5. The molecule has 0 saturated carbocycles. The van der Waals surface area contributed by atoms with E-state index in [-0.39, 0.29) is 33.3 Å². The van der Waals surface area contributed by atoms with Gasteiger partial charge >= 0.3 is 11.4 Å². The number of hydrogen-bond donors (Lipinski definition) is 3. The Morgan fingerprint density at radius 1 is 1.02 bits per heavy atom. The summed E-state index contributed by atoms with van der Waals surface area (Å²) in [5.74, 6) is -5.56. The first-order chi connectivity index (χ1) is 19.9. The van der Waals surface area contributed by atoms with Gasteiger partial charge in [-0.2, -0.15) is 10.1 Å². The van der Waals surface area contributed by atoms with Crippen LogP contribution in [0.4, 0.5) is 24.8 Å². The van der Waals surface area contributed by atoms with Gasteiger partial charge in [-0.15, -0.1) is 0 Å². The maximum absolute atomic E-state index is 14.0. The molecule has 42 heavy (non-hydrogen) atoms. The molecule has 0 bridgehead atoms. The molecule has 12 nitrogen and oxygen atoms in total. The van der Waals surface area contributed by atoms with E-state index in [4.69, 9.17) is 11.6 Å². The number of amides is 1. The van der Waals surface area contributed by atoms with E-state index in [1.807, 2.05) is 0 Å². The van der Waals surface area contributed by atoms with E-state index >= 15 is 0 Å². The van der Waals surface area contributed by atoms with E-state index in [2.05, 4.69) is 25.7 Å². The average Bonchev–Trinajstić information content (AvgIpc) is 3.30. The van der Waals surface area contributed by atoms with E-state index in [0.717, 1.165) is 10.8 Å². The van der Waals surface area contributed by atoms with Gasteiger partial charge in [-0.1, -0.05) is 11.6 Å². The first kappa shape index (κ1) is 28.4. The van der Waals surface area contributed by atoms with Gasteiger partial charge < -0.3 is 15.6 Å². The summed E-state index contributed by atoms with van der Waals surface area (Å²) in [5.41, 5.74) is -2.24. The molecule has 5 rings (SSSR count). The zero-order valence-electron chi connectivity index (χ0n) is 21.8. The predicted molar refractivity (Wildman–Crippen MR) is 147 cm³/mol. The molecular weight excluding hydrogens is 581 g/mol. The van der Waals surface area contributed by atoms with E-state index in [1.165, 1.54) is 13.1 Å². The van der Waals surface area contributed by atoms with Gasteiger partial charge in [0.1, 0.15) is 0 Å². The van der Waals surface area contributed by atoms with E-state index < -0.39 is 53.4 Å². The van der Waals surface area contributed by atoms with Crippen LogP contribution in [-0.2, 0) is 20.1 Å². The summed E-state index contributed by atoms with van der Waals surface area (Å²) in [6.07, 6.45) is 2.86. The largest absolute Gasteiger partial charge is 0.355 e. The lowest BCUT2D eigenvalue weighted by molar-refractivity contribution is 0.0962. The maximum Gasteiger partial charge on any atom is 0.355 e. The Kier molecular flexibility index (Phi) is 7.43. The van der Waals surface area contributed by atoms with Crippen molar-refractivity contribution < 1.29 is 18.0 Å². The number of halogens is 4. The Labute approximate surface area is 238 Å². The lowest BCUT2D eigenvalue weighted by Gasteiger charge is -2.16. The van der Waals surface area contributed by atoms with Crippen molar-refractivity contribution in [2.75, 3.05) is 12.4 Å². The number of carbonyl (C=O) groups is 1. The van der Waals surface area contributed by atoms with Crippen molar-refractivity contribution in [2.24, 2.45) is 7.05 Å². The number of benzene rings is 2. The monoisotopic (exact) mass is 600 g/mol. The predicted octanol–water partition coefficient (Wildman–Crippen LogP) is 2.25. The highest BCUT2D eigenvalue weighted by Crippen LogP contribution is 2.29. The lowest BCUT2D eigenvalue weighted by atomic mass is 10.2. The van der Waals surface area contributed by atoms with Crippen LogP contribution >= 0.6 is 11.6 Å². The van der Waals surface area contributed by atoms with Crippen molar-refractivity contribution in [3.63, 3.8) is 0 Å². The highest BCUT2D eigenvalue weighted by atomic mass is 35.5. The molecule has 0 fully saturated rings. The minimum atomic E-state index is -1.70. The molecule has 5 aromatic rings. The standard InChI is InChI=1S/C26H20ClF3N8O4/c1-31-22(39)13-5-15(23(40)32-8-13)11-38-25(41)34-24(33-20-6-14-10-36(2)35-19(14)7-16(20)27)37(26(38)42)9-12-3-17(28)21(30)18(29)4-12/h3-8,10H,9,11H2,1-2H3,(H,31,39)(H,32,40)(H,33,34,41). The Hall–Kier alpha value is -5.18. The molecule has 0 aliphatic heterocycles. The molecular formula is C26H20ClF3N8O4. The summed E-state index contributed by atoms with van der Waals surface area (Å²) in [6.45, 7) is -1.16. The Bertz CT molecular complexity index is 2040. The number of hydrogen-bond acceptors (Lipinski definition) is 7. The molecule has 0 spiro atoms. The summed E-state index contributed by atoms with van der Waals surface area (Å²) in [5, 5.41) is 10.3. The summed E-state index contributed by atoms with van der Waals surface area (Å²) >= 11 is 6.40. The van der Waals surface area contributed by atoms with Crippen molar-refractivity contribution in [3.8, 4) is 0 Å². The zero-order chi connectivity index (χ0) is 30.3. The summed E-state index contributed by atoms with van der Waals surface area (Å²) in [6, 6.07) is 5.72. The van der Waals surface area contributed by atoms with Crippen LogP contribution in [0.5, 0.6) is 0 Å². The lowest BCUT2D eigenvalue weighted by Crippen LogP contribution is -2.43. The number of fused-ring (bicyclic) bond motifs is 1. The van der Waals surface area contributed by atoms with Gasteiger partial charge in [0.05, 0.1) is 34.9 Å². The van der Waals surface area contributed by atoms with Gasteiger partial charge in [-0.05, 0) is 35.9 Å². The van der Waals surface area contributed by atoms with E-state index in [1.54, 1.807) is 30.1 Å². The van der Waals surface area contributed by atoms with Gasteiger partial charge in [0.2, 0.25) is 5.95 Å². The highest BCUT2D eigenvalue weighted by Gasteiger charge is 2.19. The van der Waals surface area contributed by atoms with Crippen molar-refractivity contribution in [1.29, 1.82) is 0 Å². The normalized spacial score (nSPS) is 11.2. The van der Waals surface area contributed by atoms with Crippen LogP contribution in [-0.4, -0.2) is 41.8 Å². The van der Waals surface area contributed by atoms with Gasteiger partial charge in [0.25, 0.3) is 11.5 Å². The molecule has 0 unspecified atom stereocenters. The second kappa shape index (κ2) is 11.0. The molecule has 0 saturated heterocycles. The van der Waals surface area contributed by atoms with Crippen LogP contribution in [0.15, 0.2) is 57.1 Å². The van der Waals surface area contributed by atoms with Crippen LogP contribution in [0.3, 0.4) is 0 Å². The number of aromatic nitrogens is 6. The molecule has 3 N–H and O–H groups in total. The summed E-state index contributed by atoms with van der Waals surface area (Å²) < 4.78 is 44.7. The van der Waals surface area contributed by atoms with E-state index in [0.29, 0.717) is 27.6 Å². The molecule has 0 aliphatic rings. The van der Waals surface area contributed by atoms with Gasteiger partial charge in [0.15, 0.2) is 17.5 Å². The van der Waals surface area contributed by atoms with Crippen LogP contribution in [0.25, 0.3) is 10.9 Å². The number of nitrogens with one attached hydrogen (secondary N) is 3. The fourth-order valence-corrected chi connectivity index (χ4v) is 4.47. The minimum Gasteiger partial charge on any atom is -0.355 e. The Morgan fingerprint density at radius 3 is 2.43 bits per heavy atom. The van der Waals surface area contributed by atoms with Crippen molar-refractivity contribution in [3.05, 3.63) is 113 Å². The maximum atomic E-state index is 14.0. The number of aryl methyl sites for hydroxylation is 1. The summed E-state index contributed by atoms with van der Waals surface area (Å²) in [7, 11) is 3.08. The number of nitrogens with zero attached hydrogens (tertiary/aromatic N) is 5. The first-order valence-electron chi connectivity index (χ1n) is 12.1. The molecule has 3 aromatic heterocycles. The van der Waals surface area contributed by atoms with Crippen molar-refractivity contribution in [2.45, 2.75) is 13.1 Å². The van der Waals surface area contributed by atoms with Crippen LogP contribution in [0.2, 0.25) is 5.02 Å².